The van der Waals surface area contributed by atoms with Crippen molar-refractivity contribution in [2.45, 2.75) is 51.6 Å². The summed E-state index contributed by atoms with van der Waals surface area (Å²) in [6.07, 6.45) is -0.102. The minimum Gasteiger partial charge on any atom is -0.409 e. The molecule has 1 heterocycles. The first-order valence-corrected chi connectivity index (χ1v) is 14.2. The van der Waals surface area contributed by atoms with Crippen LogP contribution in [0.4, 0.5) is 0 Å². The van der Waals surface area contributed by atoms with Gasteiger partial charge in [0.25, 0.3) is 5.56 Å². The molecule has 0 aliphatic rings. The van der Waals surface area contributed by atoms with Gasteiger partial charge in [0.15, 0.2) is 8.32 Å². The SMILES string of the molecule is CC(C)(C)[Si](C)(C)O[C@@H](CBr)c1cccc2c1ccc(=O)n2OCc1ccccc1. The largest absolute Gasteiger partial charge is 0.409 e. The second-order valence-electron chi connectivity index (χ2n) is 9.03. The number of pyridine rings is 1. The molecule has 0 spiro atoms. The monoisotopic (exact) mass is 487 g/mol. The Bertz CT molecular complexity index is 1060. The maximum Gasteiger partial charge on any atom is 0.283 e. The number of hydrogen-bond acceptors (Lipinski definition) is 3. The van der Waals surface area contributed by atoms with E-state index in [1.807, 2.05) is 48.5 Å². The van der Waals surface area contributed by atoms with Gasteiger partial charge in [-0.25, -0.2) is 0 Å². The highest BCUT2D eigenvalue weighted by Gasteiger charge is 2.39. The molecular formula is C24H30BrNO3Si. The molecule has 0 saturated heterocycles. The molecule has 0 bridgehead atoms. The van der Waals surface area contributed by atoms with Gasteiger partial charge in [-0.3, -0.25) is 4.79 Å². The molecule has 1 aromatic heterocycles. The van der Waals surface area contributed by atoms with Crippen LogP contribution in [0.2, 0.25) is 18.1 Å². The number of halogens is 1. The molecule has 0 unspecified atom stereocenters. The first kappa shape index (κ1) is 22.8. The third kappa shape index (κ3) is 4.87. The molecule has 160 valence electrons. The smallest absolute Gasteiger partial charge is 0.283 e. The molecular weight excluding hydrogens is 458 g/mol. The fourth-order valence-electron chi connectivity index (χ4n) is 3.11. The Morgan fingerprint density at radius 2 is 1.70 bits per heavy atom. The molecule has 3 aromatic rings. The number of benzene rings is 2. The maximum absolute atomic E-state index is 12.6. The van der Waals surface area contributed by atoms with Gasteiger partial charge in [0.05, 0.1) is 11.6 Å². The van der Waals surface area contributed by atoms with Crippen LogP contribution in [0.15, 0.2) is 65.5 Å². The van der Waals surface area contributed by atoms with E-state index in [9.17, 15) is 4.79 Å². The van der Waals surface area contributed by atoms with Gasteiger partial charge in [-0.05, 0) is 41.4 Å². The summed E-state index contributed by atoms with van der Waals surface area (Å²) in [7, 11) is -1.97. The molecule has 0 amide bonds. The van der Waals surface area contributed by atoms with Gasteiger partial charge in [0, 0.05) is 16.8 Å². The Kier molecular flexibility index (Phi) is 6.90. The van der Waals surface area contributed by atoms with Crippen molar-refractivity contribution >= 4 is 35.2 Å². The van der Waals surface area contributed by atoms with E-state index in [0.29, 0.717) is 11.9 Å². The molecule has 0 saturated carbocycles. The average molecular weight is 488 g/mol. The van der Waals surface area contributed by atoms with Gasteiger partial charge >= 0.3 is 0 Å². The van der Waals surface area contributed by atoms with Crippen LogP contribution in [-0.2, 0) is 11.0 Å². The standard InChI is InChI=1S/C24H30BrNO3Si/c1-24(2,3)30(4,5)29-22(16-25)20-12-9-13-21-19(20)14-15-23(27)26(21)28-17-18-10-7-6-8-11-18/h6-15,22H,16-17H2,1-5H3/t22-/m0/s1. The van der Waals surface area contributed by atoms with Crippen LogP contribution in [0.5, 0.6) is 0 Å². The lowest BCUT2D eigenvalue weighted by Crippen LogP contribution is -2.42. The lowest BCUT2D eigenvalue weighted by Gasteiger charge is -2.39. The highest BCUT2D eigenvalue weighted by atomic mass is 79.9. The summed E-state index contributed by atoms with van der Waals surface area (Å²) in [5, 5.41) is 1.76. The lowest BCUT2D eigenvalue weighted by molar-refractivity contribution is 0.0992. The predicted octanol–water partition coefficient (Wildman–Crippen LogP) is 6.09. The molecule has 4 nitrogen and oxygen atoms in total. The number of hydrogen-bond donors (Lipinski definition) is 0. The van der Waals surface area contributed by atoms with Gasteiger partial charge in [-0.15, -0.1) is 4.73 Å². The summed E-state index contributed by atoms with van der Waals surface area (Å²) in [6.45, 7) is 11.6. The maximum atomic E-state index is 12.6. The Hall–Kier alpha value is -1.89. The summed E-state index contributed by atoms with van der Waals surface area (Å²) >= 11 is 3.65. The average Bonchev–Trinajstić information content (AvgIpc) is 2.70. The highest BCUT2D eigenvalue weighted by Crippen LogP contribution is 2.41. The second kappa shape index (κ2) is 9.08. The minimum absolute atomic E-state index is 0.102. The highest BCUT2D eigenvalue weighted by molar-refractivity contribution is 9.09. The molecule has 0 N–H and O–H groups in total. The van der Waals surface area contributed by atoms with E-state index in [0.717, 1.165) is 22.0 Å². The molecule has 0 aliphatic heterocycles. The normalized spacial score (nSPS) is 13.4. The van der Waals surface area contributed by atoms with Crippen molar-refractivity contribution in [1.82, 2.24) is 4.73 Å². The van der Waals surface area contributed by atoms with Crippen molar-refractivity contribution in [3.05, 3.63) is 82.1 Å². The van der Waals surface area contributed by atoms with Crippen molar-refractivity contribution in [3.63, 3.8) is 0 Å². The van der Waals surface area contributed by atoms with Crippen LogP contribution in [0.25, 0.3) is 10.9 Å². The Labute approximate surface area is 188 Å². The van der Waals surface area contributed by atoms with Gasteiger partial charge < -0.3 is 9.26 Å². The van der Waals surface area contributed by atoms with Gasteiger partial charge in [0.1, 0.15) is 6.61 Å². The molecule has 1 atom stereocenters. The van der Waals surface area contributed by atoms with Crippen LogP contribution in [0.1, 0.15) is 38.0 Å². The van der Waals surface area contributed by atoms with Crippen molar-refractivity contribution < 1.29 is 9.26 Å². The van der Waals surface area contributed by atoms with E-state index in [4.69, 9.17) is 9.26 Å². The minimum atomic E-state index is -1.97. The summed E-state index contributed by atoms with van der Waals surface area (Å²) < 4.78 is 8.10. The van der Waals surface area contributed by atoms with Gasteiger partial charge in [-0.2, -0.15) is 0 Å². The quantitative estimate of drug-likeness (QED) is 0.299. The number of rotatable bonds is 7. The van der Waals surface area contributed by atoms with E-state index in [1.165, 1.54) is 4.73 Å². The lowest BCUT2D eigenvalue weighted by atomic mass is 10.0. The van der Waals surface area contributed by atoms with Crippen LogP contribution in [0, 0.1) is 0 Å². The van der Waals surface area contributed by atoms with Crippen LogP contribution in [0.3, 0.4) is 0 Å². The van der Waals surface area contributed by atoms with E-state index < -0.39 is 8.32 Å². The molecule has 0 fully saturated rings. The first-order valence-electron chi connectivity index (χ1n) is 10.2. The number of aromatic nitrogens is 1. The Morgan fingerprint density at radius 3 is 2.33 bits per heavy atom. The van der Waals surface area contributed by atoms with Gasteiger partial charge in [0.2, 0.25) is 0 Å². The topological polar surface area (TPSA) is 40.5 Å². The predicted molar refractivity (Wildman–Crippen MR) is 130 cm³/mol. The summed E-state index contributed by atoms with van der Waals surface area (Å²) in [6, 6.07) is 19.2. The van der Waals surface area contributed by atoms with Crippen LogP contribution in [-0.4, -0.2) is 18.4 Å². The van der Waals surface area contributed by atoms with Crippen molar-refractivity contribution in [2.24, 2.45) is 0 Å². The Balaban J connectivity index is 2.00. The zero-order valence-corrected chi connectivity index (χ0v) is 20.9. The Morgan fingerprint density at radius 1 is 1.00 bits per heavy atom. The molecule has 0 aliphatic carbocycles. The number of nitrogens with zero attached hydrogens (tertiary/aromatic N) is 1. The van der Waals surface area contributed by atoms with Crippen LogP contribution >= 0.6 is 15.9 Å². The number of alkyl halides is 1. The van der Waals surface area contributed by atoms with E-state index in [2.05, 4.69) is 55.9 Å². The number of fused-ring (bicyclic) bond motifs is 1. The summed E-state index contributed by atoms with van der Waals surface area (Å²) in [4.78, 5) is 18.5. The molecule has 0 radical (unpaired) electrons. The summed E-state index contributed by atoms with van der Waals surface area (Å²) in [5.74, 6) is 0. The van der Waals surface area contributed by atoms with Crippen molar-refractivity contribution in [2.75, 3.05) is 5.33 Å². The van der Waals surface area contributed by atoms with Crippen molar-refractivity contribution in [1.29, 1.82) is 0 Å². The van der Waals surface area contributed by atoms with Gasteiger partial charge in [-0.1, -0.05) is 79.2 Å². The third-order valence-corrected chi connectivity index (χ3v) is 10.9. The summed E-state index contributed by atoms with van der Waals surface area (Å²) in [5.41, 5.74) is 2.64. The molecule has 2 aromatic carbocycles. The van der Waals surface area contributed by atoms with Crippen molar-refractivity contribution in [3.8, 4) is 0 Å². The van der Waals surface area contributed by atoms with Crippen LogP contribution < -0.4 is 10.4 Å². The fourth-order valence-corrected chi connectivity index (χ4v) is 5.11. The van der Waals surface area contributed by atoms with E-state index in [-0.39, 0.29) is 16.7 Å². The second-order valence-corrected chi connectivity index (χ2v) is 14.4. The zero-order valence-electron chi connectivity index (χ0n) is 18.3. The first-order chi connectivity index (χ1) is 14.1. The van der Waals surface area contributed by atoms with E-state index >= 15 is 0 Å². The molecule has 30 heavy (non-hydrogen) atoms. The van der Waals surface area contributed by atoms with E-state index in [1.54, 1.807) is 6.07 Å². The fraction of sp³-hybridized carbons (Fsp3) is 0.375. The molecule has 6 heteroatoms. The third-order valence-electron chi connectivity index (χ3n) is 5.86. The zero-order chi connectivity index (χ0) is 21.9. The molecule has 3 rings (SSSR count).